The van der Waals surface area contributed by atoms with Crippen molar-refractivity contribution >= 4 is 41.4 Å². The monoisotopic (exact) mass is 561 g/mol. The van der Waals surface area contributed by atoms with Gasteiger partial charge in [0.25, 0.3) is 5.91 Å². The number of nitrogens with zero attached hydrogens (tertiary/aromatic N) is 1. The first-order chi connectivity index (χ1) is 19.7. The smallest absolute Gasteiger partial charge is 0.340 e. The lowest BCUT2D eigenvalue weighted by molar-refractivity contribution is -0.136. The molecule has 0 spiro atoms. The van der Waals surface area contributed by atoms with Crippen LogP contribution in [0.3, 0.4) is 0 Å². The maximum atomic E-state index is 13.2. The van der Waals surface area contributed by atoms with Crippen LogP contribution >= 0.6 is 0 Å². The summed E-state index contributed by atoms with van der Waals surface area (Å²) in [6, 6.07) is 12.4. The summed E-state index contributed by atoms with van der Waals surface area (Å²) in [5, 5.41) is 4.89. The first-order valence-electron chi connectivity index (χ1n) is 12.5. The van der Waals surface area contributed by atoms with Crippen molar-refractivity contribution in [3.8, 4) is 0 Å². The number of carbonyl (C=O) groups excluding carboxylic acids is 5. The van der Waals surface area contributed by atoms with E-state index in [2.05, 4.69) is 10.6 Å². The van der Waals surface area contributed by atoms with E-state index in [4.69, 9.17) is 18.3 Å². The summed E-state index contributed by atoms with van der Waals surface area (Å²) in [5.74, 6) is -2.35. The molecule has 0 fully saturated rings. The van der Waals surface area contributed by atoms with Crippen molar-refractivity contribution in [1.29, 1.82) is 0 Å². The first-order valence-corrected chi connectivity index (χ1v) is 12.5. The second-order valence-corrected chi connectivity index (χ2v) is 8.72. The normalized spacial score (nSPS) is 13.9. The molecule has 3 amide bonds. The lowest BCUT2D eigenvalue weighted by Crippen LogP contribution is -2.34. The van der Waals surface area contributed by atoms with Crippen LogP contribution in [0.4, 0.5) is 5.69 Å². The number of nitrogens with one attached hydrogen (secondary N) is 2. The summed E-state index contributed by atoms with van der Waals surface area (Å²) in [5.41, 5.74) is 1.22. The standard InChI is InChI=1S/C29H27N3O9/c1-4-39-28(36)18-7-9-19(10-8-18)31-26(34)25(33)30-15-21-12-11-20(41-21)14-23-24(29(37)38-3)17(2)32(27(23)35)16-22-6-5-13-40-22/h5-14H,4,15-16H2,1-3H3,(H,30,33)(H,31,34)/b23-14+. The highest BCUT2D eigenvalue weighted by Gasteiger charge is 2.37. The minimum atomic E-state index is -0.917. The number of hydrogen-bond donors (Lipinski definition) is 2. The number of hydrogen-bond acceptors (Lipinski definition) is 9. The number of esters is 2. The largest absolute Gasteiger partial charge is 0.467 e. The second kappa shape index (κ2) is 12.6. The molecule has 0 saturated heterocycles. The van der Waals surface area contributed by atoms with E-state index in [9.17, 15) is 24.0 Å². The lowest BCUT2D eigenvalue weighted by Gasteiger charge is -2.15. The molecule has 41 heavy (non-hydrogen) atoms. The van der Waals surface area contributed by atoms with E-state index in [1.165, 1.54) is 48.6 Å². The average Bonchev–Trinajstić information content (AvgIpc) is 3.70. The van der Waals surface area contributed by atoms with Gasteiger partial charge in [0, 0.05) is 11.4 Å². The fourth-order valence-corrected chi connectivity index (χ4v) is 4.03. The quantitative estimate of drug-likeness (QED) is 0.227. The maximum Gasteiger partial charge on any atom is 0.340 e. The average molecular weight is 562 g/mol. The predicted molar refractivity (Wildman–Crippen MR) is 144 cm³/mol. The zero-order valence-electron chi connectivity index (χ0n) is 22.5. The maximum absolute atomic E-state index is 13.2. The van der Waals surface area contributed by atoms with Gasteiger partial charge >= 0.3 is 23.8 Å². The number of allylic oxidation sites excluding steroid dienone is 1. The molecule has 2 N–H and O–H groups in total. The van der Waals surface area contributed by atoms with E-state index in [1.54, 1.807) is 38.1 Å². The number of benzene rings is 1. The summed E-state index contributed by atoms with van der Waals surface area (Å²) in [6.07, 6.45) is 2.91. The minimum absolute atomic E-state index is 0.0826. The molecule has 0 bridgehead atoms. The van der Waals surface area contributed by atoms with Crippen LogP contribution in [-0.4, -0.2) is 48.3 Å². The summed E-state index contributed by atoms with van der Waals surface area (Å²) < 4.78 is 20.8. The third-order valence-electron chi connectivity index (χ3n) is 6.05. The van der Waals surface area contributed by atoms with Gasteiger partial charge in [0.1, 0.15) is 17.3 Å². The van der Waals surface area contributed by atoms with Gasteiger partial charge in [-0.15, -0.1) is 0 Å². The molecular formula is C29H27N3O9. The molecular weight excluding hydrogens is 534 g/mol. The zero-order valence-corrected chi connectivity index (χ0v) is 22.5. The highest BCUT2D eigenvalue weighted by Crippen LogP contribution is 2.33. The zero-order chi connectivity index (χ0) is 29.5. The van der Waals surface area contributed by atoms with Crippen molar-refractivity contribution in [3.05, 3.63) is 94.5 Å². The number of furan rings is 2. The van der Waals surface area contributed by atoms with Crippen LogP contribution in [-0.2, 0) is 41.7 Å². The highest BCUT2D eigenvalue weighted by molar-refractivity contribution is 6.39. The summed E-state index contributed by atoms with van der Waals surface area (Å²) in [6.45, 7) is 3.58. The minimum Gasteiger partial charge on any atom is -0.467 e. The summed E-state index contributed by atoms with van der Waals surface area (Å²) in [4.78, 5) is 63.4. The number of ether oxygens (including phenoxy) is 2. The number of amides is 3. The van der Waals surface area contributed by atoms with Gasteiger partial charge in [-0.2, -0.15) is 0 Å². The fraction of sp³-hybridized carbons (Fsp3) is 0.207. The molecule has 1 aromatic carbocycles. The lowest BCUT2D eigenvalue weighted by atomic mass is 10.1. The van der Waals surface area contributed by atoms with Crippen LogP contribution < -0.4 is 10.6 Å². The Balaban J connectivity index is 1.39. The Bertz CT molecular complexity index is 1530. The fourth-order valence-electron chi connectivity index (χ4n) is 4.03. The molecule has 12 heteroatoms. The molecule has 0 radical (unpaired) electrons. The van der Waals surface area contributed by atoms with Gasteiger partial charge in [-0.3, -0.25) is 14.4 Å². The Kier molecular flexibility index (Phi) is 8.82. The summed E-state index contributed by atoms with van der Waals surface area (Å²) in [7, 11) is 1.22. The van der Waals surface area contributed by atoms with Crippen LogP contribution in [0, 0.1) is 0 Å². The highest BCUT2D eigenvalue weighted by atomic mass is 16.5. The van der Waals surface area contributed by atoms with Crippen LogP contribution in [0.5, 0.6) is 0 Å². The first kappa shape index (κ1) is 28.6. The van der Waals surface area contributed by atoms with Gasteiger partial charge in [-0.25, -0.2) is 9.59 Å². The van der Waals surface area contributed by atoms with Crippen molar-refractivity contribution in [2.45, 2.75) is 26.9 Å². The van der Waals surface area contributed by atoms with E-state index < -0.39 is 29.7 Å². The topological polar surface area (TPSA) is 157 Å². The molecule has 1 aliphatic heterocycles. The molecule has 4 rings (SSSR count). The predicted octanol–water partition coefficient (Wildman–Crippen LogP) is 3.18. The summed E-state index contributed by atoms with van der Waals surface area (Å²) >= 11 is 0. The third-order valence-corrected chi connectivity index (χ3v) is 6.05. The van der Waals surface area contributed by atoms with Crippen LogP contribution in [0.15, 0.2) is 80.5 Å². The number of methoxy groups -OCH3 is 1. The van der Waals surface area contributed by atoms with E-state index in [0.29, 0.717) is 28.5 Å². The molecule has 0 atom stereocenters. The van der Waals surface area contributed by atoms with Gasteiger partial charge in [0.05, 0.1) is 49.8 Å². The Morgan fingerprint density at radius 3 is 2.39 bits per heavy atom. The van der Waals surface area contributed by atoms with Gasteiger partial charge in [0.15, 0.2) is 0 Å². The van der Waals surface area contributed by atoms with E-state index in [0.717, 1.165) is 0 Å². The van der Waals surface area contributed by atoms with Crippen molar-refractivity contribution in [2.75, 3.05) is 19.0 Å². The molecule has 3 aromatic rings. The number of carbonyl (C=O) groups is 5. The van der Waals surface area contributed by atoms with Crippen LogP contribution in [0.2, 0.25) is 0 Å². The second-order valence-electron chi connectivity index (χ2n) is 8.72. The number of anilines is 1. The Hall–Kier alpha value is -5.39. The van der Waals surface area contributed by atoms with Gasteiger partial charge in [0.2, 0.25) is 0 Å². The third kappa shape index (κ3) is 6.61. The van der Waals surface area contributed by atoms with Crippen molar-refractivity contribution in [3.63, 3.8) is 0 Å². The Labute approximate surface area is 234 Å². The van der Waals surface area contributed by atoms with Crippen molar-refractivity contribution in [2.24, 2.45) is 0 Å². The SMILES string of the molecule is CCOC(=O)c1ccc(NC(=O)C(=O)NCc2ccc(/C=C3/C(=O)N(Cc4ccco4)C(C)=C3C(=O)OC)o2)cc1. The van der Waals surface area contributed by atoms with E-state index >= 15 is 0 Å². The van der Waals surface area contributed by atoms with Gasteiger partial charge in [-0.1, -0.05) is 0 Å². The Morgan fingerprint density at radius 1 is 0.976 bits per heavy atom. The van der Waals surface area contributed by atoms with E-state index in [1.807, 2.05) is 0 Å². The molecule has 1 aliphatic rings. The van der Waals surface area contributed by atoms with Gasteiger partial charge in [-0.05, 0) is 68.5 Å². The molecule has 212 valence electrons. The molecule has 0 saturated carbocycles. The molecule has 2 aromatic heterocycles. The van der Waals surface area contributed by atoms with E-state index in [-0.39, 0.29) is 36.6 Å². The molecule has 12 nitrogen and oxygen atoms in total. The van der Waals surface area contributed by atoms with Crippen molar-refractivity contribution in [1.82, 2.24) is 10.2 Å². The molecule has 0 aliphatic carbocycles. The molecule has 0 unspecified atom stereocenters. The van der Waals surface area contributed by atoms with Crippen LogP contribution in [0.1, 0.15) is 41.5 Å². The Morgan fingerprint density at radius 2 is 1.73 bits per heavy atom. The van der Waals surface area contributed by atoms with Crippen LogP contribution in [0.25, 0.3) is 6.08 Å². The molecule has 3 heterocycles. The van der Waals surface area contributed by atoms with Crippen molar-refractivity contribution < 1.29 is 42.3 Å². The number of rotatable bonds is 9. The van der Waals surface area contributed by atoms with Gasteiger partial charge < -0.3 is 33.8 Å².